The Morgan fingerprint density at radius 1 is 1.30 bits per heavy atom. The van der Waals surface area contributed by atoms with Gasteiger partial charge in [-0.15, -0.1) is 11.6 Å². The Kier molecular flexibility index (Phi) is 4.91. The Balaban J connectivity index is 2.18. The van der Waals surface area contributed by atoms with E-state index in [9.17, 15) is 18.0 Å². The molecule has 1 fully saturated rings. The second-order valence-electron chi connectivity index (χ2n) is 4.88. The van der Waals surface area contributed by atoms with E-state index in [0.29, 0.717) is 12.4 Å². The third-order valence-corrected chi connectivity index (χ3v) is 3.81. The van der Waals surface area contributed by atoms with Gasteiger partial charge in [-0.2, -0.15) is 0 Å². The number of alkyl halides is 1. The van der Waals surface area contributed by atoms with Gasteiger partial charge >= 0.3 is 0 Å². The lowest BCUT2D eigenvalue weighted by molar-refractivity contribution is 0.0729. The van der Waals surface area contributed by atoms with Gasteiger partial charge in [0.15, 0.2) is 17.5 Å². The van der Waals surface area contributed by atoms with Crippen molar-refractivity contribution in [3.63, 3.8) is 0 Å². The van der Waals surface area contributed by atoms with E-state index in [0.717, 1.165) is 37.8 Å². The van der Waals surface area contributed by atoms with Crippen molar-refractivity contribution in [2.24, 2.45) is 0 Å². The summed E-state index contributed by atoms with van der Waals surface area (Å²) in [5.41, 5.74) is -0.154. The van der Waals surface area contributed by atoms with E-state index in [1.54, 1.807) is 4.90 Å². The normalized spacial score (nSPS) is 18.6. The standard InChI is InChI=1S/C14H15ClF3NO/c15-5-1-3-10-4-2-6-19(10)14(20)9-7-11(16)13(18)12(17)8-9/h7-8,10H,1-6H2. The van der Waals surface area contributed by atoms with Crippen molar-refractivity contribution in [2.45, 2.75) is 31.7 Å². The van der Waals surface area contributed by atoms with Gasteiger partial charge in [-0.25, -0.2) is 13.2 Å². The van der Waals surface area contributed by atoms with Gasteiger partial charge in [0.25, 0.3) is 5.91 Å². The van der Waals surface area contributed by atoms with Gasteiger partial charge in [0.2, 0.25) is 0 Å². The molecule has 0 aliphatic carbocycles. The Morgan fingerprint density at radius 3 is 2.55 bits per heavy atom. The molecule has 1 unspecified atom stereocenters. The van der Waals surface area contributed by atoms with E-state index in [1.807, 2.05) is 0 Å². The molecule has 1 aliphatic heterocycles. The van der Waals surface area contributed by atoms with E-state index >= 15 is 0 Å². The van der Waals surface area contributed by atoms with Crippen LogP contribution in [0.5, 0.6) is 0 Å². The Hall–Kier alpha value is -1.23. The van der Waals surface area contributed by atoms with Gasteiger partial charge < -0.3 is 4.90 Å². The average molecular weight is 306 g/mol. The minimum absolute atomic E-state index is 0.0393. The van der Waals surface area contributed by atoms with Crippen LogP contribution in [0.2, 0.25) is 0 Å². The van der Waals surface area contributed by atoms with Crippen molar-refractivity contribution in [3.05, 3.63) is 35.1 Å². The molecule has 1 aromatic carbocycles. The molecule has 1 aliphatic rings. The molecule has 20 heavy (non-hydrogen) atoms. The highest BCUT2D eigenvalue weighted by Gasteiger charge is 2.29. The smallest absolute Gasteiger partial charge is 0.254 e. The summed E-state index contributed by atoms with van der Waals surface area (Å²) in [5, 5.41) is 0. The van der Waals surface area contributed by atoms with Crippen LogP contribution in [0.1, 0.15) is 36.0 Å². The van der Waals surface area contributed by atoms with E-state index in [4.69, 9.17) is 11.6 Å². The zero-order chi connectivity index (χ0) is 14.7. The van der Waals surface area contributed by atoms with E-state index in [1.165, 1.54) is 0 Å². The lowest BCUT2D eigenvalue weighted by Crippen LogP contribution is -2.35. The zero-order valence-electron chi connectivity index (χ0n) is 10.8. The van der Waals surface area contributed by atoms with Gasteiger partial charge in [-0.3, -0.25) is 4.79 Å². The summed E-state index contributed by atoms with van der Waals surface area (Å²) in [4.78, 5) is 13.9. The van der Waals surface area contributed by atoms with Crippen molar-refractivity contribution in [3.8, 4) is 0 Å². The number of carbonyl (C=O) groups excluding carboxylic acids is 1. The van der Waals surface area contributed by atoms with Crippen LogP contribution < -0.4 is 0 Å². The fraction of sp³-hybridized carbons (Fsp3) is 0.500. The number of likely N-dealkylation sites (tertiary alicyclic amines) is 1. The predicted molar refractivity (Wildman–Crippen MR) is 70.3 cm³/mol. The molecular weight excluding hydrogens is 291 g/mol. The maximum Gasteiger partial charge on any atom is 0.254 e. The quantitative estimate of drug-likeness (QED) is 0.613. The number of hydrogen-bond acceptors (Lipinski definition) is 1. The summed E-state index contributed by atoms with van der Waals surface area (Å²) in [6.45, 7) is 0.548. The molecule has 1 amide bonds. The zero-order valence-corrected chi connectivity index (χ0v) is 11.6. The summed E-state index contributed by atoms with van der Waals surface area (Å²) < 4.78 is 39.3. The Labute approximate surface area is 120 Å². The summed E-state index contributed by atoms with van der Waals surface area (Å²) in [6, 6.07) is 1.53. The largest absolute Gasteiger partial charge is 0.336 e. The minimum Gasteiger partial charge on any atom is -0.336 e. The number of amides is 1. The third-order valence-electron chi connectivity index (χ3n) is 3.54. The molecule has 6 heteroatoms. The summed E-state index contributed by atoms with van der Waals surface area (Å²) in [6.07, 6.45) is 3.25. The fourth-order valence-electron chi connectivity index (χ4n) is 2.56. The molecule has 0 saturated carbocycles. The molecule has 2 nitrogen and oxygen atoms in total. The monoisotopic (exact) mass is 305 g/mol. The van der Waals surface area contributed by atoms with Crippen molar-refractivity contribution in [1.82, 2.24) is 4.90 Å². The van der Waals surface area contributed by atoms with Crippen LogP contribution >= 0.6 is 11.6 Å². The van der Waals surface area contributed by atoms with Gasteiger partial charge in [-0.05, 0) is 37.8 Å². The Morgan fingerprint density at radius 2 is 1.95 bits per heavy atom. The van der Waals surface area contributed by atoms with Crippen LogP contribution in [0.4, 0.5) is 13.2 Å². The van der Waals surface area contributed by atoms with E-state index < -0.39 is 23.4 Å². The lowest BCUT2D eigenvalue weighted by Gasteiger charge is -2.24. The topological polar surface area (TPSA) is 20.3 Å². The minimum atomic E-state index is -1.55. The van der Waals surface area contributed by atoms with Gasteiger partial charge in [0.1, 0.15) is 0 Å². The van der Waals surface area contributed by atoms with Crippen LogP contribution in [0, 0.1) is 17.5 Å². The SMILES string of the molecule is O=C(c1cc(F)c(F)c(F)c1)N1CCCC1CCCCl. The first-order valence-electron chi connectivity index (χ1n) is 6.56. The molecule has 0 bridgehead atoms. The number of carbonyl (C=O) groups is 1. The molecule has 0 radical (unpaired) electrons. The first-order chi connectivity index (χ1) is 9.54. The lowest BCUT2D eigenvalue weighted by atomic mass is 10.1. The van der Waals surface area contributed by atoms with Crippen molar-refractivity contribution in [1.29, 1.82) is 0 Å². The molecule has 2 rings (SSSR count). The highest BCUT2D eigenvalue weighted by molar-refractivity contribution is 6.17. The van der Waals surface area contributed by atoms with Crippen molar-refractivity contribution < 1.29 is 18.0 Å². The number of nitrogens with zero attached hydrogens (tertiary/aromatic N) is 1. The molecule has 0 N–H and O–H groups in total. The molecule has 1 saturated heterocycles. The van der Waals surface area contributed by atoms with Crippen molar-refractivity contribution in [2.75, 3.05) is 12.4 Å². The Bertz CT molecular complexity index is 486. The molecule has 0 aromatic heterocycles. The summed E-state index contributed by atoms with van der Waals surface area (Å²) in [7, 11) is 0. The maximum absolute atomic E-state index is 13.2. The van der Waals surface area contributed by atoms with Crippen LogP contribution in [0.25, 0.3) is 0 Å². The maximum atomic E-state index is 13.2. The third kappa shape index (κ3) is 3.08. The average Bonchev–Trinajstić information content (AvgIpc) is 2.89. The second kappa shape index (κ2) is 6.48. The second-order valence-corrected chi connectivity index (χ2v) is 5.26. The van der Waals surface area contributed by atoms with E-state index in [2.05, 4.69) is 0 Å². The van der Waals surface area contributed by atoms with Crippen LogP contribution in [-0.4, -0.2) is 29.3 Å². The molecular formula is C14H15ClF3NO. The van der Waals surface area contributed by atoms with E-state index in [-0.39, 0.29) is 11.6 Å². The molecule has 110 valence electrons. The molecule has 1 heterocycles. The van der Waals surface area contributed by atoms with Crippen LogP contribution in [0.3, 0.4) is 0 Å². The predicted octanol–water partition coefficient (Wildman–Crippen LogP) is 3.73. The highest BCUT2D eigenvalue weighted by atomic mass is 35.5. The van der Waals surface area contributed by atoms with Gasteiger partial charge in [0, 0.05) is 24.0 Å². The first-order valence-corrected chi connectivity index (χ1v) is 7.09. The number of benzene rings is 1. The fourth-order valence-corrected chi connectivity index (χ4v) is 2.72. The first kappa shape index (κ1) is 15.2. The number of hydrogen-bond donors (Lipinski definition) is 0. The van der Waals surface area contributed by atoms with Gasteiger partial charge in [-0.1, -0.05) is 0 Å². The highest BCUT2D eigenvalue weighted by Crippen LogP contribution is 2.25. The number of halogens is 4. The number of rotatable bonds is 4. The van der Waals surface area contributed by atoms with Crippen molar-refractivity contribution >= 4 is 17.5 Å². The molecule has 1 atom stereocenters. The molecule has 0 spiro atoms. The van der Waals surface area contributed by atoms with Crippen LogP contribution in [0.15, 0.2) is 12.1 Å². The molecule has 1 aromatic rings. The summed E-state index contributed by atoms with van der Waals surface area (Å²) in [5.74, 6) is -4.19. The van der Waals surface area contributed by atoms with Gasteiger partial charge in [0.05, 0.1) is 0 Å². The summed E-state index contributed by atoms with van der Waals surface area (Å²) >= 11 is 5.64. The van der Waals surface area contributed by atoms with Crippen LogP contribution in [-0.2, 0) is 0 Å².